The van der Waals surface area contributed by atoms with E-state index in [0.717, 1.165) is 19.3 Å². The third-order valence-electron chi connectivity index (χ3n) is 3.52. The van der Waals surface area contributed by atoms with Gasteiger partial charge in [0.2, 0.25) is 0 Å². The van der Waals surface area contributed by atoms with E-state index in [9.17, 15) is 4.79 Å². The standard InChI is InChI=1S/C15H20ClNO2/c1-2-19-14-9-4-3-7-12(14)15(18)17-10-11-6-5-8-13(11)16/h3-4,7,9,11,13H,2,5-6,8,10H2,1H3,(H,17,18). The van der Waals surface area contributed by atoms with Gasteiger partial charge in [0.05, 0.1) is 12.2 Å². The van der Waals surface area contributed by atoms with Gasteiger partial charge in [0.15, 0.2) is 0 Å². The molecule has 3 nitrogen and oxygen atoms in total. The zero-order valence-electron chi connectivity index (χ0n) is 11.2. The van der Waals surface area contributed by atoms with Gasteiger partial charge in [-0.05, 0) is 37.8 Å². The summed E-state index contributed by atoms with van der Waals surface area (Å²) in [5.41, 5.74) is 0.591. The van der Waals surface area contributed by atoms with Gasteiger partial charge < -0.3 is 10.1 Å². The summed E-state index contributed by atoms with van der Waals surface area (Å²) in [4.78, 5) is 12.2. The van der Waals surface area contributed by atoms with Crippen molar-refractivity contribution in [2.75, 3.05) is 13.2 Å². The molecule has 1 N–H and O–H groups in total. The maximum absolute atomic E-state index is 12.2. The molecule has 0 saturated heterocycles. The maximum Gasteiger partial charge on any atom is 0.255 e. The molecular formula is C15H20ClNO2. The average molecular weight is 282 g/mol. The molecule has 2 atom stereocenters. The zero-order valence-corrected chi connectivity index (χ0v) is 12.0. The summed E-state index contributed by atoms with van der Waals surface area (Å²) >= 11 is 6.21. The Hall–Kier alpha value is -1.22. The number of amides is 1. The number of carbonyl (C=O) groups excluding carboxylic acids is 1. The van der Waals surface area contributed by atoms with Gasteiger partial charge in [0.1, 0.15) is 5.75 Å². The highest BCUT2D eigenvalue weighted by atomic mass is 35.5. The number of hydrogen-bond donors (Lipinski definition) is 1. The number of carbonyl (C=O) groups is 1. The molecule has 0 aromatic heterocycles. The minimum absolute atomic E-state index is 0.0835. The van der Waals surface area contributed by atoms with E-state index in [0.29, 0.717) is 30.4 Å². The SMILES string of the molecule is CCOc1ccccc1C(=O)NCC1CCCC1Cl. The monoisotopic (exact) mass is 281 g/mol. The number of hydrogen-bond acceptors (Lipinski definition) is 2. The van der Waals surface area contributed by atoms with Crippen molar-refractivity contribution in [2.24, 2.45) is 5.92 Å². The van der Waals surface area contributed by atoms with Gasteiger partial charge in [-0.3, -0.25) is 4.79 Å². The largest absolute Gasteiger partial charge is 0.493 e. The minimum atomic E-state index is -0.0835. The molecule has 0 spiro atoms. The summed E-state index contributed by atoms with van der Waals surface area (Å²) in [6.07, 6.45) is 3.31. The summed E-state index contributed by atoms with van der Waals surface area (Å²) in [6.45, 7) is 3.11. The first-order valence-electron chi connectivity index (χ1n) is 6.86. The van der Waals surface area contributed by atoms with Crippen LogP contribution in [0, 0.1) is 5.92 Å². The lowest BCUT2D eigenvalue weighted by Gasteiger charge is -2.15. The molecule has 1 amide bonds. The molecule has 2 rings (SSSR count). The topological polar surface area (TPSA) is 38.3 Å². The third kappa shape index (κ3) is 3.63. The molecule has 4 heteroatoms. The van der Waals surface area contributed by atoms with Crippen LogP contribution in [0.4, 0.5) is 0 Å². The molecule has 0 radical (unpaired) electrons. The highest BCUT2D eigenvalue weighted by Crippen LogP contribution is 2.29. The smallest absolute Gasteiger partial charge is 0.255 e. The molecule has 2 unspecified atom stereocenters. The maximum atomic E-state index is 12.2. The van der Waals surface area contributed by atoms with Crippen LogP contribution in [0.15, 0.2) is 24.3 Å². The van der Waals surface area contributed by atoms with E-state index in [4.69, 9.17) is 16.3 Å². The second-order valence-corrected chi connectivity index (χ2v) is 5.41. The highest BCUT2D eigenvalue weighted by Gasteiger charge is 2.25. The number of benzene rings is 1. The van der Waals surface area contributed by atoms with E-state index < -0.39 is 0 Å². The Labute approximate surface area is 119 Å². The second-order valence-electron chi connectivity index (χ2n) is 4.85. The quantitative estimate of drug-likeness (QED) is 0.842. The van der Waals surface area contributed by atoms with Crippen LogP contribution < -0.4 is 10.1 Å². The summed E-state index contributed by atoms with van der Waals surface area (Å²) in [7, 11) is 0. The summed E-state index contributed by atoms with van der Waals surface area (Å²) in [5, 5.41) is 3.16. The lowest BCUT2D eigenvalue weighted by molar-refractivity contribution is 0.0944. The molecule has 0 aliphatic heterocycles. The van der Waals surface area contributed by atoms with Gasteiger partial charge in [0.25, 0.3) is 5.91 Å². The number of nitrogens with one attached hydrogen (secondary N) is 1. The lowest BCUT2D eigenvalue weighted by Crippen LogP contribution is -2.31. The third-order valence-corrected chi connectivity index (χ3v) is 4.10. The molecule has 19 heavy (non-hydrogen) atoms. The average Bonchev–Trinajstić information content (AvgIpc) is 2.82. The van der Waals surface area contributed by atoms with E-state index in [2.05, 4.69) is 5.32 Å². The van der Waals surface area contributed by atoms with Crippen molar-refractivity contribution in [3.05, 3.63) is 29.8 Å². The van der Waals surface area contributed by atoms with Crippen molar-refractivity contribution in [2.45, 2.75) is 31.6 Å². The van der Waals surface area contributed by atoms with Gasteiger partial charge in [-0.2, -0.15) is 0 Å². The molecule has 1 saturated carbocycles. The molecule has 104 valence electrons. The van der Waals surface area contributed by atoms with Crippen molar-refractivity contribution in [1.82, 2.24) is 5.32 Å². The summed E-state index contributed by atoms with van der Waals surface area (Å²) in [5.74, 6) is 0.945. The lowest BCUT2D eigenvalue weighted by atomic mass is 10.1. The zero-order chi connectivity index (χ0) is 13.7. The van der Waals surface area contributed by atoms with Crippen molar-refractivity contribution in [3.8, 4) is 5.75 Å². The number of halogens is 1. The van der Waals surface area contributed by atoms with Crippen molar-refractivity contribution in [1.29, 1.82) is 0 Å². The molecule has 1 aliphatic carbocycles. The molecule has 1 aromatic carbocycles. The molecule has 1 aliphatic rings. The van der Waals surface area contributed by atoms with Crippen LogP contribution in [0.25, 0.3) is 0 Å². The van der Waals surface area contributed by atoms with E-state index in [1.165, 1.54) is 0 Å². The Bertz CT molecular complexity index is 436. The van der Waals surface area contributed by atoms with Crippen molar-refractivity contribution < 1.29 is 9.53 Å². The molecular weight excluding hydrogens is 262 g/mol. The Balaban J connectivity index is 1.95. The van der Waals surface area contributed by atoms with Crippen LogP contribution in [0.3, 0.4) is 0 Å². The fraction of sp³-hybridized carbons (Fsp3) is 0.533. The van der Waals surface area contributed by atoms with Gasteiger partial charge >= 0.3 is 0 Å². The number of alkyl halides is 1. The Morgan fingerprint density at radius 3 is 2.89 bits per heavy atom. The van der Waals surface area contributed by atoms with Crippen LogP contribution in [0.5, 0.6) is 5.75 Å². The van der Waals surface area contributed by atoms with Crippen LogP contribution in [-0.2, 0) is 0 Å². The van der Waals surface area contributed by atoms with E-state index in [1.54, 1.807) is 6.07 Å². The number of ether oxygens (including phenoxy) is 1. The molecule has 1 fully saturated rings. The second kappa shape index (κ2) is 6.80. The van der Waals surface area contributed by atoms with Crippen LogP contribution in [-0.4, -0.2) is 24.4 Å². The predicted octanol–water partition coefficient (Wildman–Crippen LogP) is 3.22. The van der Waals surface area contributed by atoms with Crippen LogP contribution in [0.2, 0.25) is 0 Å². The first-order valence-corrected chi connectivity index (χ1v) is 7.30. The first-order chi connectivity index (χ1) is 9.22. The first kappa shape index (κ1) is 14.2. The highest BCUT2D eigenvalue weighted by molar-refractivity contribution is 6.21. The Morgan fingerprint density at radius 1 is 1.42 bits per heavy atom. The summed E-state index contributed by atoms with van der Waals surface area (Å²) in [6, 6.07) is 7.32. The van der Waals surface area contributed by atoms with Gasteiger partial charge in [-0.1, -0.05) is 18.6 Å². The van der Waals surface area contributed by atoms with Gasteiger partial charge in [-0.25, -0.2) is 0 Å². The van der Waals surface area contributed by atoms with Gasteiger partial charge in [-0.15, -0.1) is 11.6 Å². The number of rotatable bonds is 5. The minimum Gasteiger partial charge on any atom is -0.493 e. The van der Waals surface area contributed by atoms with Gasteiger partial charge in [0, 0.05) is 11.9 Å². The van der Waals surface area contributed by atoms with Crippen LogP contribution in [0.1, 0.15) is 36.5 Å². The van der Waals surface area contributed by atoms with Crippen molar-refractivity contribution >= 4 is 17.5 Å². The molecule has 0 bridgehead atoms. The predicted molar refractivity (Wildman–Crippen MR) is 76.9 cm³/mol. The fourth-order valence-electron chi connectivity index (χ4n) is 2.48. The molecule has 1 aromatic rings. The van der Waals surface area contributed by atoms with E-state index >= 15 is 0 Å². The Morgan fingerprint density at radius 2 is 2.21 bits per heavy atom. The fourth-order valence-corrected chi connectivity index (χ4v) is 2.85. The summed E-state index contributed by atoms with van der Waals surface area (Å²) < 4.78 is 5.46. The van der Waals surface area contributed by atoms with Crippen molar-refractivity contribution in [3.63, 3.8) is 0 Å². The normalized spacial score (nSPS) is 22.2. The van der Waals surface area contributed by atoms with E-state index in [-0.39, 0.29) is 11.3 Å². The number of para-hydroxylation sites is 1. The van der Waals surface area contributed by atoms with E-state index in [1.807, 2.05) is 25.1 Å². The Kier molecular flexibility index (Phi) is 5.08. The molecule has 0 heterocycles. The van der Waals surface area contributed by atoms with Crippen LogP contribution >= 0.6 is 11.6 Å².